The minimum atomic E-state index is -0.104. The van der Waals surface area contributed by atoms with Gasteiger partial charge in [-0.25, -0.2) is 0 Å². The number of rotatable bonds is 4. The molecular formula is C30H39NORu. The van der Waals surface area contributed by atoms with E-state index in [9.17, 15) is 5.11 Å². The van der Waals surface area contributed by atoms with Crippen molar-refractivity contribution in [2.45, 2.75) is 65.7 Å². The van der Waals surface area contributed by atoms with E-state index in [4.69, 9.17) is 4.99 Å². The van der Waals surface area contributed by atoms with Crippen molar-refractivity contribution >= 4 is 11.9 Å². The molecule has 0 bridgehead atoms. The molecule has 0 spiro atoms. The fourth-order valence-electron chi connectivity index (χ4n) is 3.41. The molecule has 0 heterocycles. The molecule has 0 aliphatic carbocycles. The first-order valence-electron chi connectivity index (χ1n) is 11.0. The second kappa shape index (κ2) is 14.1. The van der Waals surface area contributed by atoms with Gasteiger partial charge in [0.05, 0.1) is 5.69 Å². The van der Waals surface area contributed by atoms with E-state index in [1.54, 1.807) is 6.21 Å². The molecule has 0 radical (unpaired) electrons. The monoisotopic (exact) mass is 531 g/mol. The van der Waals surface area contributed by atoms with E-state index in [0.29, 0.717) is 17.6 Å². The summed E-state index contributed by atoms with van der Waals surface area (Å²) in [5.74, 6) is 1.13. The van der Waals surface area contributed by atoms with Gasteiger partial charge in [-0.3, -0.25) is 4.99 Å². The molecule has 0 unspecified atom stereocenters. The van der Waals surface area contributed by atoms with E-state index in [1.807, 2.05) is 48.5 Å². The number of aliphatic imine (C=N–C) groups is 1. The average molecular weight is 531 g/mol. The zero-order valence-corrected chi connectivity index (χ0v) is 23.1. The van der Waals surface area contributed by atoms with Gasteiger partial charge in [-0.15, -0.1) is 0 Å². The van der Waals surface area contributed by atoms with Crippen LogP contribution in [0.2, 0.25) is 0 Å². The minimum absolute atomic E-state index is 0. The van der Waals surface area contributed by atoms with Gasteiger partial charge in [0, 0.05) is 11.8 Å². The third kappa shape index (κ3) is 8.90. The third-order valence-corrected chi connectivity index (χ3v) is 5.16. The average Bonchev–Trinajstić information content (AvgIpc) is 2.73. The van der Waals surface area contributed by atoms with Gasteiger partial charge in [-0.05, 0) is 40.0 Å². The number of para-hydroxylation sites is 2. The van der Waals surface area contributed by atoms with Crippen LogP contribution in [-0.2, 0) is 24.9 Å². The first kappa shape index (κ1) is 30.8. The van der Waals surface area contributed by atoms with Crippen LogP contribution >= 0.6 is 0 Å². The van der Waals surface area contributed by atoms with Gasteiger partial charge in [0.1, 0.15) is 5.75 Å². The fraction of sp³-hybridized carbons (Fsp3) is 0.333. The van der Waals surface area contributed by atoms with Crippen molar-refractivity contribution < 1.29 is 24.6 Å². The Bertz CT molecular complexity index is 933. The van der Waals surface area contributed by atoms with Crippen molar-refractivity contribution in [2.24, 2.45) is 4.99 Å². The number of phenols is 1. The maximum atomic E-state index is 10.7. The summed E-state index contributed by atoms with van der Waals surface area (Å²) in [6.07, 6.45) is 1.80. The number of hydrogen-bond acceptors (Lipinski definition) is 2. The van der Waals surface area contributed by atoms with Crippen LogP contribution in [0.1, 0.15) is 82.6 Å². The van der Waals surface area contributed by atoms with Crippen molar-refractivity contribution in [3.05, 3.63) is 102 Å². The van der Waals surface area contributed by atoms with Gasteiger partial charge >= 0.3 is 19.5 Å². The Labute approximate surface area is 215 Å². The van der Waals surface area contributed by atoms with Crippen LogP contribution in [0.3, 0.4) is 0 Å². The van der Waals surface area contributed by atoms with Gasteiger partial charge < -0.3 is 12.5 Å². The summed E-state index contributed by atoms with van der Waals surface area (Å²) in [7, 11) is 0. The van der Waals surface area contributed by atoms with Crippen LogP contribution in [0.4, 0.5) is 5.69 Å². The topological polar surface area (TPSA) is 32.6 Å². The Hall–Kier alpha value is -2.25. The quantitative estimate of drug-likeness (QED) is 0.204. The molecule has 33 heavy (non-hydrogen) atoms. The van der Waals surface area contributed by atoms with E-state index in [1.165, 1.54) is 11.1 Å². The summed E-state index contributed by atoms with van der Waals surface area (Å²) >= 11 is 0. The number of aromatic hydroxyl groups is 1. The van der Waals surface area contributed by atoms with Crippen molar-refractivity contribution in [1.29, 1.82) is 0 Å². The molecule has 3 aromatic rings. The molecule has 2 nitrogen and oxygen atoms in total. The predicted molar refractivity (Wildman–Crippen MR) is 140 cm³/mol. The van der Waals surface area contributed by atoms with Gasteiger partial charge in [-0.2, -0.15) is 36.4 Å². The molecule has 0 aliphatic heterocycles. The Kier molecular flexibility index (Phi) is 13.1. The molecule has 3 aromatic carbocycles. The number of phenolic OH excluding ortho intramolecular Hbond substituents is 1. The second-order valence-corrected chi connectivity index (χ2v) is 9.42. The fourth-order valence-corrected chi connectivity index (χ4v) is 3.41. The predicted octanol–water partition coefficient (Wildman–Crippen LogP) is 8.62. The second-order valence-electron chi connectivity index (χ2n) is 9.42. The van der Waals surface area contributed by atoms with Crippen LogP contribution in [0.15, 0.2) is 71.7 Å². The Morgan fingerprint density at radius 1 is 0.818 bits per heavy atom. The zero-order valence-electron chi connectivity index (χ0n) is 21.3. The summed E-state index contributed by atoms with van der Waals surface area (Å²) in [4.78, 5) is 4.82. The van der Waals surface area contributed by atoms with Crippen molar-refractivity contribution in [3.63, 3.8) is 0 Å². The smallest absolute Gasteiger partial charge is 0.507 e. The van der Waals surface area contributed by atoms with Crippen molar-refractivity contribution in [1.82, 2.24) is 0 Å². The van der Waals surface area contributed by atoms with E-state index >= 15 is 0 Å². The summed E-state index contributed by atoms with van der Waals surface area (Å²) in [5.41, 5.74) is 5.13. The SMILES string of the molecule is CC(C)c1cccc(C(C)C)c1N=Cc1cccc(C(C)(C)C)c1O.[CH3-].[Ru+2].[c-]1ccccc1. The summed E-state index contributed by atoms with van der Waals surface area (Å²) in [6, 6.07) is 24.8. The van der Waals surface area contributed by atoms with Crippen LogP contribution in [0, 0.1) is 13.5 Å². The molecule has 1 N–H and O–H groups in total. The van der Waals surface area contributed by atoms with Crippen LogP contribution < -0.4 is 0 Å². The molecule has 178 valence electrons. The molecule has 0 saturated heterocycles. The Balaban J connectivity index is 0.00000111. The van der Waals surface area contributed by atoms with E-state index < -0.39 is 0 Å². The van der Waals surface area contributed by atoms with E-state index in [0.717, 1.165) is 16.8 Å². The Morgan fingerprint density at radius 3 is 1.73 bits per heavy atom. The first-order chi connectivity index (χ1) is 14.6. The molecule has 0 saturated carbocycles. The number of hydrogen-bond donors (Lipinski definition) is 1. The minimum Gasteiger partial charge on any atom is -0.507 e. The molecule has 3 rings (SSSR count). The number of nitrogens with zero attached hydrogens (tertiary/aromatic N) is 1. The van der Waals surface area contributed by atoms with E-state index in [2.05, 4.69) is 72.7 Å². The van der Waals surface area contributed by atoms with E-state index in [-0.39, 0.29) is 32.3 Å². The molecule has 0 fully saturated rings. The van der Waals surface area contributed by atoms with Gasteiger partial charge in [-0.1, -0.05) is 78.8 Å². The largest absolute Gasteiger partial charge is 2.00 e. The normalized spacial score (nSPS) is 10.9. The molecular weight excluding hydrogens is 491 g/mol. The standard InChI is InChI=1S/C23H31NO.C6H5.CH3.Ru/c1-15(2)18-11-9-12-19(16(3)4)21(18)24-14-17-10-8-13-20(22(17)25)23(5,6)7;1-2-4-6-5-3-1;;/h8-16,25H,1-7H3;1-5H;1H3;/q;2*-1;+2. The van der Waals surface area contributed by atoms with Crippen LogP contribution in [-0.4, -0.2) is 11.3 Å². The molecule has 3 heteroatoms. The molecule has 0 aliphatic rings. The maximum absolute atomic E-state index is 10.7. The van der Waals surface area contributed by atoms with Crippen molar-refractivity contribution in [2.75, 3.05) is 0 Å². The van der Waals surface area contributed by atoms with Crippen LogP contribution in [0.25, 0.3) is 0 Å². The first-order valence-corrected chi connectivity index (χ1v) is 11.0. The molecule has 0 amide bonds. The Morgan fingerprint density at radius 2 is 1.33 bits per heavy atom. The molecule has 0 aromatic heterocycles. The van der Waals surface area contributed by atoms with Crippen molar-refractivity contribution in [3.8, 4) is 5.75 Å². The third-order valence-electron chi connectivity index (χ3n) is 5.16. The maximum Gasteiger partial charge on any atom is 2.00 e. The van der Waals surface area contributed by atoms with Gasteiger partial charge in [0.25, 0.3) is 0 Å². The summed E-state index contributed by atoms with van der Waals surface area (Å²) < 4.78 is 0. The zero-order chi connectivity index (χ0) is 23.0. The number of benzene rings is 3. The van der Waals surface area contributed by atoms with Crippen LogP contribution in [0.5, 0.6) is 5.75 Å². The van der Waals surface area contributed by atoms with Gasteiger partial charge in [0.15, 0.2) is 0 Å². The summed E-state index contributed by atoms with van der Waals surface area (Å²) in [5, 5.41) is 10.7. The summed E-state index contributed by atoms with van der Waals surface area (Å²) in [6.45, 7) is 15.1. The van der Waals surface area contributed by atoms with Gasteiger partial charge in [0.2, 0.25) is 0 Å². The molecule has 0 atom stereocenters.